The summed E-state index contributed by atoms with van der Waals surface area (Å²) < 4.78 is 0. The minimum atomic E-state index is -0.0572. The molecule has 3 N–H and O–H groups in total. The largest absolute Gasteiger partial charge is 0.382 e. The lowest BCUT2D eigenvalue weighted by molar-refractivity contribution is 1.05. The van der Waals surface area contributed by atoms with Crippen molar-refractivity contribution in [3.05, 3.63) is 36.0 Å². The van der Waals surface area contributed by atoms with E-state index in [4.69, 9.17) is 11.1 Å². The third-order valence-electron chi connectivity index (χ3n) is 1.77. The first kappa shape index (κ1) is 7.67. The van der Waals surface area contributed by atoms with Gasteiger partial charge < -0.3 is 5.73 Å². The molecule has 1 aromatic heterocycles. The van der Waals surface area contributed by atoms with Crippen molar-refractivity contribution in [2.45, 2.75) is 0 Å². The van der Waals surface area contributed by atoms with Gasteiger partial charge in [0.25, 0.3) is 0 Å². The van der Waals surface area contributed by atoms with E-state index >= 15 is 0 Å². The van der Waals surface area contributed by atoms with Gasteiger partial charge in [-0.1, -0.05) is 18.2 Å². The Morgan fingerprint density at radius 3 is 2.77 bits per heavy atom. The fraction of sp³-hybridized carbons (Fsp3) is 0. The fourth-order valence-corrected chi connectivity index (χ4v) is 1.12. The molecule has 0 spiro atoms. The smallest absolute Gasteiger partial charge is 0.143 e. The Morgan fingerprint density at radius 2 is 2.00 bits per heavy atom. The number of fused-ring (bicyclic) bond motifs is 1. The number of rotatable bonds is 1. The molecule has 0 radical (unpaired) electrons. The molecule has 0 saturated carbocycles. The Balaban J connectivity index is 2.69. The molecule has 64 valence electrons. The van der Waals surface area contributed by atoms with E-state index in [9.17, 15) is 0 Å². The maximum Gasteiger partial charge on any atom is 0.143 e. The second-order valence-corrected chi connectivity index (χ2v) is 2.70. The van der Waals surface area contributed by atoms with Crippen molar-refractivity contribution < 1.29 is 0 Å². The molecular weight excluding hydrogens is 164 g/mol. The molecule has 0 aliphatic carbocycles. The molecule has 4 heteroatoms. The maximum absolute atomic E-state index is 7.19. The van der Waals surface area contributed by atoms with Gasteiger partial charge in [0.2, 0.25) is 0 Å². The number of hydrogen-bond acceptors (Lipinski definition) is 3. The highest BCUT2D eigenvalue weighted by molar-refractivity contribution is 5.95. The van der Waals surface area contributed by atoms with Crippen LogP contribution < -0.4 is 5.73 Å². The second-order valence-electron chi connectivity index (χ2n) is 2.70. The van der Waals surface area contributed by atoms with Crippen molar-refractivity contribution in [3.8, 4) is 0 Å². The Labute approximate surface area is 74.9 Å². The maximum atomic E-state index is 7.19. The number of benzene rings is 1. The zero-order chi connectivity index (χ0) is 9.26. The van der Waals surface area contributed by atoms with Crippen LogP contribution in [0.3, 0.4) is 0 Å². The average molecular weight is 172 g/mol. The van der Waals surface area contributed by atoms with E-state index in [-0.39, 0.29) is 5.84 Å². The van der Waals surface area contributed by atoms with E-state index in [0.29, 0.717) is 5.69 Å². The van der Waals surface area contributed by atoms with Crippen molar-refractivity contribution >= 4 is 16.7 Å². The molecule has 0 unspecified atom stereocenters. The normalized spacial score (nSPS) is 10.2. The molecule has 1 heterocycles. The Bertz CT molecular complexity index is 464. The van der Waals surface area contributed by atoms with Gasteiger partial charge in [-0.05, 0) is 12.1 Å². The molecule has 0 bridgehead atoms. The molecule has 0 aliphatic heterocycles. The van der Waals surface area contributed by atoms with Gasteiger partial charge in [-0.2, -0.15) is 0 Å². The number of nitrogens with two attached hydrogens (primary N) is 1. The molecule has 0 fully saturated rings. The van der Waals surface area contributed by atoms with E-state index in [2.05, 4.69) is 10.2 Å². The molecule has 0 amide bonds. The Hall–Kier alpha value is -1.97. The van der Waals surface area contributed by atoms with E-state index in [0.717, 1.165) is 10.9 Å². The van der Waals surface area contributed by atoms with Gasteiger partial charge in [0.05, 0.1) is 5.52 Å². The summed E-state index contributed by atoms with van der Waals surface area (Å²) >= 11 is 0. The highest BCUT2D eigenvalue weighted by atomic mass is 15.1. The predicted molar refractivity (Wildman–Crippen MR) is 50.6 cm³/mol. The monoisotopic (exact) mass is 172 g/mol. The Kier molecular flexibility index (Phi) is 1.66. The van der Waals surface area contributed by atoms with E-state index < -0.39 is 0 Å². The molecule has 0 aliphatic rings. The van der Waals surface area contributed by atoms with Gasteiger partial charge in [0, 0.05) is 5.39 Å². The summed E-state index contributed by atoms with van der Waals surface area (Å²) in [6, 6.07) is 9.34. The molecule has 0 saturated heterocycles. The van der Waals surface area contributed by atoms with Crippen LogP contribution in [0.25, 0.3) is 10.9 Å². The summed E-state index contributed by atoms with van der Waals surface area (Å²) in [7, 11) is 0. The van der Waals surface area contributed by atoms with Crippen molar-refractivity contribution in [2.75, 3.05) is 0 Å². The quantitative estimate of drug-likeness (QED) is 0.496. The van der Waals surface area contributed by atoms with Gasteiger partial charge in [0.15, 0.2) is 0 Å². The molecule has 0 atom stereocenters. The summed E-state index contributed by atoms with van der Waals surface area (Å²) in [5.41, 5.74) is 6.51. The number of aromatic nitrogens is 2. The summed E-state index contributed by atoms with van der Waals surface area (Å²) in [5.74, 6) is -0.0572. The average Bonchev–Trinajstić information content (AvgIpc) is 2.17. The topological polar surface area (TPSA) is 75.7 Å². The van der Waals surface area contributed by atoms with Gasteiger partial charge in [0.1, 0.15) is 11.5 Å². The van der Waals surface area contributed by atoms with E-state index in [1.807, 2.05) is 24.3 Å². The number of amidine groups is 1. The highest BCUT2D eigenvalue weighted by Crippen LogP contribution is 2.09. The van der Waals surface area contributed by atoms with Crippen LogP contribution in [0.1, 0.15) is 5.69 Å². The fourth-order valence-electron chi connectivity index (χ4n) is 1.12. The SMILES string of the molecule is N=C(N)c1cc2ccccc2nn1. The van der Waals surface area contributed by atoms with Crippen LogP contribution in [0.4, 0.5) is 0 Å². The number of nitrogens with zero attached hydrogens (tertiary/aromatic N) is 2. The van der Waals surface area contributed by atoms with Crippen molar-refractivity contribution in [3.63, 3.8) is 0 Å². The van der Waals surface area contributed by atoms with Gasteiger partial charge >= 0.3 is 0 Å². The van der Waals surface area contributed by atoms with Crippen LogP contribution in [0, 0.1) is 5.41 Å². The van der Waals surface area contributed by atoms with E-state index in [1.54, 1.807) is 6.07 Å². The number of hydrogen-bond donors (Lipinski definition) is 2. The van der Waals surface area contributed by atoms with Gasteiger partial charge in [-0.3, -0.25) is 5.41 Å². The van der Waals surface area contributed by atoms with Gasteiger partial charge in [-0.25, -0.2) is 0 Å². The standard InChI is InChI=1S/C9H8N4/c10-9(11)8-5-6-3-1-2-4-7(6)12-13-8/h1-5H,(H3,10,11). The van der Waals surface area contributed by atoms with Crippen molar-refractivity contribution in [2.24, 2.45) is 5.73 Å². The predicted octanol–water partition coefficient (Wildman–Crippen LogP) is 0.914. The minimum absolute atomic E-state index is 0.0572. The zero-order valence-electron chi connectivity index (χ0n) is 6.86. The van der Waals surface area contributed by atoms with Crippen LogP contribution in [-0.2, 0) is 0 Å². The van der Waals surface area contributed by atoms with Crippen molar-refractivity contribution in [1.82, 2.24) is 10.2 Å². The van der Waals surface area contributed by atoms with Gasteiger partial charge in [-0.15, -0.1) is 10.2 Å². The second kappa shape index (κ2) is 2.82. The highest BCUT2D eigenvalue weighted by Gasteiger charge is 2.00. The third kappa shape index (κ3) is 1.33. The summed E-state index contributed by atoms with van der Waals surface area (Å²) in [5, 5.41) is 15.9. The molecule has 1 aromatic carbocycles. The van der Waals surface area contributed by atoms with Crippen LogP contribution in [-0.4, -0.2) is 16.0 Å². The number of nitrogen functional groups attached to an aromatic ring is 1. The molecule has 2 aromatic rings. The summed E-state index contributed by atoms with van der Waals surface area (Å²) in [6.07, 6.45) is 0. The summed E-state index contributed by atoms with van der Waals surface area (Å²) in [4.78, 5) is 0. The van der Waals surface area contributed by atoms with Crippen LogP contribution in [0.2, 0.25) is 0 Å². The third-order valence-corrected chi connectivity index (χ3v) is 1.77. The lowest BCUT2D eigenvalue weighted by atomic mass is 10.2. The van der Waals surface area contributed by atoms with E-state index in [1.165, 1.54) is 0 Å². The minimum Gasteiger partial charge on any atom is -0.382 e. The molecular formula is C9H8N4. The first-order valence-electron chi connectivity index (χ1n) is 3.84. The van der Waals surface area contributed by atoms with Crippen LogP contribution >= 0.6 is 0 Å². The van der Waals surface area contributed by atoms with Crippen LogP contribution in [0.15, 0.2) is 30.3 Å². The lowest BCUT2D eigenvalue weighted by Crippen LogP contribution is -2.13. The first-order chi connectivity index (χ1) is 6.27. The molecule has 2 rings (SSSR count). The molecule has 13 heavy (non-hydrogen) atoms. The molecule has 4 nitrogen and oxygen atoms in total. The van der Waals surface area contributed by atoms with Crippen LogP contribution in [0.5, 0.6) is 0 Å². The Morgan fingerprint density at radius 1 is 1.23 bits per heavy atom. The first-order valence-corrected chi connectivity index (χ1v) is 3.84. The van der Waals surface area contributed by atoms with Crippen molar-refractivity contribution in [1.29, 1.82) is 5.41 Å². The zero-order valence-corrected chi connectivity index (χ0v) is 6.86. The lowest BCUT2D eigenvalue weighted by Gasteiger charge is -1.98. The summed E-state index contributed by atoms with van der Waals surface area (Å²) in [6.45, 7) is 0. The number of nitrogens with one attached hydrogen (secondary N) is 1.